The van der Waals surface area contributed by atoms with Crippen LogP contribution in [0.4, 0.5) is 0 Å². The zero-order valence-corrected chi connectivity index (χ0v) is 12.8. The Balaban J connectivity index is 2.51. The molecule has 2 N–H and O–H groups in total. The summed E-state index contributed by atoms with van der Waals surface area (Å²) in [5.41, 5.74) is 10.4. The summed E-state index contributed by atoms with van der Waals surface area (Å²) in [5, 5.41) is 1.07. The van der Waals surface area contributed by atoms with Crippen molar-refractivity contribution in [1.82, 2.24) is 0 Å². The third kappa shape index (κ3) is 2.79. The van der Waals surface area contributed by atoms with Crippen molar-refractivity contribution in [2.75, 3.05) is 0 Å². The summed E-state index contributed by atoms with van der Waals surface area (Å²) in [7, 11) is 0. The number of hydrogen-bond acceptors (Lipinski definition) is 1. The van der Waals surface area contributed by atoms with Crippen molar-refractivity contribution in [3.63, 3.8) is 0 Å². The minimum absolute atomic E-state index is 0.527. The Hall–Kier alpha value is -1.02. The molecule has 0 aliphatic rings. The van der Waals surface area contributed by atoms with Crippen LogP contribution in [0.1, 0.15) is 29.2 Å². The van der Waals surface area contributed by atoms with Crippen molar-refractivity contribution < 1.29 is 0 Å². The molecule has 1 atom stereocenters. The van der Waals surface area contributed by atoms with Crippen molar-refractivity contribution in [3.8, 4) is 0 Å². The summed E-state index contributed by atoms with van der Waals surface area (Å²) < 4.78 is 0. The van der Waals surface area contributed by atoms with Crippen molar-refractivity contribution in [1.29, 1.82) is 0 Å². The fraction of sp³-hybridized carbons (Fsp3) is 0.250. The third-order valence-corrected chi connectivity index (χ3v) is 4.36. The molecule has 19 heavy (non-hydrogen) atoms. The Morgan fingerprint density at radius 3 is 2.00 bits per heavy atom. The topological polar surface area (TPSA) is 26.0 Å². The van der Waals surface area contributed by atoms with Crippen LogP contribution in [0.5, 0.6) is 0 Å². The maximum atomic E-state index is 6.50. The molecule has 1 unspecified atom stereocenters. The molecule has 0 fully saturated rings. The Morgan fingerprint density at radius 2 is 1.42 bits per heavy atom. The van der Waals surface area contributed by atoms with Crippen LogP contribution in [0.2, 0.25) is 10.0 Å². The number of benzene rings is 2. The number of halogens is 2. The van der Waals surface area contributed by atoms with Crippen LogP contribution >= 0.6 is 23.2 Å². The van der Waals surface area contributed by atoms with Gasteiger partial charge < -0.3 is 5.73 Å². The summed E-state index contributed by atoms with van der Waals surface area (Å²) in [6.07, 6.45) is 0. The van der Waals surface area contributed by atoms with Gasteiger partial charge >= 0.3 is 0 Å². The molecule has 0 radical (unpaired) electrons. The lowest BCUT2D eigenvalue weighted by Crippen LogP contribution is -2.34. The van der Waals surface area contributed by atoms with Crippen molar-refractivity contribution >= 4 is 23.2 Å². The number of aryl methyl sites for hydroxylation is 2. The molecule has 2 rings (SSSR count). The van der Waals surface area contributed by atoms with Gasteiger partial charge in [-0.25, -0.2) is 0 Å². The first kappa shape index (κ1) is 14.4. The molecule has 0 aliphatic heterocycles. The molecule has 100 valence electrons. The van der Waals surface area contributed by atoms with Crippen molar-refractivity contribution in [2.45, 2.75) is 26.3 Å². The van der Waals surface area contributed by atoms with E-state index in [1.807, 2.05) is 19.1 Å². The van der Waals surface area contributed by atoms with Gasteiger partial charge in [-0.1, -0.05) is 47.5 Å². The highest BCUT2D eigenvalue weighted by Gasteiger charge is 2.24. The molecule has 0 aliphatic carbocycles. The maximum Gasteiger partial charge on any atom is 0.0637 e. The fourth-order valence-corrected chi connectivity index (χ4v) is 2.35. The SMILES string of the molecule is Cc1ccc(C(C)(N)c2ccc(Cl)c(Cl)c2)cc1C. The fourth-order valence-electron chi connectivity index (χ4n) is 2.05. The lowest BCUT2D eigenvalue weighted by atomic mass is 9.84. The van der Waals surface area contributed by atoms with Gasteiger partial charge in [0.15, 0.2) is 0 Å². The van der Waals surface area contributed by atoms with E-state index in [-0.39, 0.29) is 0 Å². The van der Waals surface area contributed by atoms with E-state index in [4.69, 9.17) is 28.9 Å². The zero-order valence-electron chi connectivity index (χ0n) is 11.3. The normalized spacial score (nSPS) is 14.2. The lowest BCUT2D eigenvalue weighted by Gasteiger charge is -2.27. The van der Waals surface area contributed by atoms with E-state index in [9.17, 15) is 0 Å². The Morgan fingerprint density at radius 1 is 0.842 bits per heavy atom. The average molecular weight is 294 g/mol. The molecule has 2 aromatic carbocycles. The molecule has 0 saturated carbocycles. The van der Waals surface area contributed by atoms with Crippen LogP contribution in [-0.2, 0) is 5.54 Å². The monoisotopic (exact) mass is 293 g/mol. The van der Waals surface area contributed by atoms with Crippen molar-refractivity contribution in [3.05, 3.63) is 68.7 Å². The van der Waals surface area contributed by atoms with E-state index in [1.54, 1.807) is 6.07 Å². The summed E-state index contributed by atoms with van der Waals surface area (Å²) in [5.74, 6) is 0. The molecular formula is C16H17Cl2N. The number of hydrogen-bond donors (Lipinski definition) is 1. The molecule has 0 saturated heterocycles. The standard InChI is InChI=1S/C16H17Cl2N/c1-10-4-5-12(8-11(10)2)16(3,19)13-6-7-14(17)15(18)9-13/h4-9H,19H2,1-3H3. The first-order valence-electron chi connectivity index (χ1n) is 6.14. The first-order valence-corrected chi connectivity index (χ1v) is 6.90. The van der Waals surface area contributed by atoms with Gasteiger partial charge in [-0.05, 0) is 55.2 Å². The maximum absolute atomic E-state index is 6.50. The minimum atomic E-state index is -0.591. The van der Waals surface area contributed by atoms with Crippen LogP contribution in [0.25, 0.3) is 0 Å². The van der Waals surface area contributed by atoms with Gasteiger partial charge in [0.25, 0.3) is 0 Å². The second kappa shape index (κ2) is 5.16. The predicted molar refractivity (Wildman–Crippen MR) is 83.0 cm³/mol. The Kier molecular flexibility index (Phi) is 3.91. The summed E-state index contributed by atoms with van der Waals surface area (Å²) in [6.45, 7) is 6.16. The van der Waals surface area contributed by atoms with E-state index in [1.165, 1.54) is 11.1 Å². The molecule has 0 spiro atoms. The van der Waals surface area contributed by atoms with Gasteiger partial charge in [0.1, 0.15) is 0 Å². The van der Waals surface area contributed by atoms with Gasteiger partial charge in [-0.15, -0.1) is 0 Å². The van der Waals surface area contributed by atoms with E-state index in [0.29, 0.717) is 10.0 Å². The molecule has 2 aromatic rings. The van der Waals surface area contributed by atoms with Gasteiger partial charge in [-0.3, -0.25) is 0 Å². The van der Waals surface area contributed by atoms with Crippen LogP contribution < -0.4 is 5.73 Å². The second-order valence-electron chi connectivity index (χ2n) is 5.13. The lowest BCUT2D eigenvalue weighted by molar-refractivity contribution is 0.602. The largest absolute Gasteiger partial charge is 0.318 e. The highest BCUT2D eigenvalue weighted by Crippen LogP contribution is 2.32. The average Bonchev–Trinajstić information content (AvgIpc) is 2.35. The minimum Gasteiger partial charge on any atom is -0.318 e. The van der Waals surface area contributed by atoms with Crippen LogP contribution in [0.15, 0.2) is 36.4 Å². The van der Waals surface area contributed by atoms with Crippen molar-refractivity contribution in [2.24, 2.45) is 5.73 Å². The predicted octanol–water partition coefficient (Wildman–Crippen LogP) is 4.83. The summed E-state index contributed by atoms with van der Waals surface area (Å²) >= 11 is 12.0. The van der Waals surface area contributed by atoms with Gasteiger partial charge in [0, 0.05) is 0 Å². The Labute approximate surface area is 124 Å². The van der Waals surface area contributed by atoms with Gasteiger partial charge in [0.05, 0.1) is 15.6 Å². The van der Waals surface area contributed by atoms with Gasteiger partial charge in [-0.2, -0.15) is 0 Å². The summed E-state index contributed by atoms with van der Waals surface area (Å²) in [6, 6.07) is 11.8. The number of nitrogens with two attached hydrogens (primary N) is 1. The van der Waals surface area contributed by atoms with Crippen LogP contribution in [-0.4, -0.2) is 0 Å². The molecule has 0 bridgehead atoms. The molecule has 1 nitrogen and oxygen atoms in total. The first-order chi connectivity index (χ1) is 8.82. The van der Waals surface area contributed by atoms with Gasteiger partial charge in [0.2, 0.25) is 0 Å². The van der Waals surface area contributed by atoms with E-state index >= 15 is 0 Å². The van der Waals surface area contributed by atoms with Crippen LogP contribution in [0, 0.1) is 13.8 Å². The smallest absolute Gasteiger partial charge is 0.0637 e. The zero-order chi connectivity index (χ0) is 14.2. The number of rotatable bonds is 2. The summed E-state index contributed by atoms with van der Waals surface area (Å²) in [4.78, 5) is 0. The Bertz CT molecular complexity index is 565. The second-order valence-corrected chi connectivity index (χ2v) is 5.94. The van der Waals surface area contributed by atoms with E-state index in [2.05, 4.69) is 32.0 Å². The van der Waals surface area contributed by atoms with Crippen LogP contribution in [0.3, 0.4) is 0 Å². The van der Waals surface area contributed by atoms with E-state index < -0.39 is 5.54 Å². The molecule has 0 heterocycles. The van der Waals surface area contributed by atoms with E-state index in [0.717, 1.165) is 11.1 Å². The molecular weight excluding hydrogens is 277 g/mol. The highest BCUT2D eigenvalue weighted by atomic mass is 35.5. The highest BCUT2D eigenvalue weighted by molar-refractivity contribution is 6.42. The quantitative estimate of drug-likeness (QED) is 0.843. The molecule has 3 heteroatoms. The molecule has 0 aromatic heterocycles. The third-order valence-electron chi connectivity index (χ3n) is 3.63. The molecule has 0 amide bonds.